The summed E-state index contributed by atoms with van der Waals surface area (Å²) in [5, 5.41) is 11.9. The molecule has 1 N–H and O–H groups in total. The third-order valence-electron chi connectivity index (χ3n) is 3.07. The van der Waals surface area contributed by atoms with E-state index in [9.17, 15) is 0 Å². The van der Waals surface area contributed by atoms with Crippen LogP contribution in [0.1, 0.15) is 30.9 Å². The van der Waals surface area contributed by atoms with Gasteiger partial charge in [0.25, 0.3) is 0 Å². The van der Waals surface area contributed by atoms with Crippen LogP contribution in [0.2, 0.25) is 0 Å². The number of hydrogen-bond acceptors (Lipinski definition) is 4. The SMILES string of the molecule is CNC(CCC#N)c1ccc2c(c1)OCCCO2. The summed E-state index contributed by atoms with van der Waals surface area (Å²) in [6.45, 7) is 1.40. The fourth-order valence-electron chi connectivity index (χ4n) is 2.08. The average molecular weight is 246 g/mol. The smallest absolute Gasteiger partial charge is 0.161 e. The maximum Gasteiger partial charge on any atom is 0.161 e. The first-order chi connectivity index (χ1) is 8.85. The summed E-state index contributed by atoms with van der Waals surface area (Å²) < 4.78 is 11.3. The Bertz CT molecular complexity index is 440. The van der Waals surface area contributed by atoms with E-state index >= 15 is 0 Å². The molecule has 0 saturated heterocycles. The molecule has 0 fully saturated rings. The van der Waals surface area contributed by atoms with Gasteiger partial charge in [0.1, 0.15) is 0 Å². The molecular weight excluding hydrogens is 228 g/mol. The lowest BCUT2D eigenvalue weighted by Crippen LogP contribution is -2.16. The van der Waals surface area contributed by atoms with Gasteiger partial charge in [0, 0.05) is 18.9 Å². The van der Waals surface area contributed by atoms with Crippen LogP contribution in [0.3, 0.4) is 0 Å². The van der Waals surface area contributed by atoms with Crippen LogP contribution in [-0.2, 0) is 0 Å². The average Bonchev–Trinajstić information content (AvgIpc) is 2.64. The summed E-state index contributed by atoms with van der Waals surface area (Å²) in [6.07, 6.45) is 2.25. The highest BCUT2D eigenvalue weighted by Crippen LogP contribution is 2.33. The zero-order valence-electron chi connectivity index (χ0n) is 10.6. The maximum atomic E-state index is 8.66. The summed E-state index contributed by atoms with van der Waals surface area (Å²) in [6, 6.07) is 8.36. The van der Waals surface area contributed by atoms with E-state index in [1.807, 2.05) is 25.2 Å². The largest absolute Gasteiger partial charge is 0.490 e. The normalized spacial score (nSPS) is 15.6. The standard InChI is InChI=1S/C14H18N2O2/c1-16-12(4-2-7-15)11-5-6-13-14(10-11)18-9-3-8-17-13/h5-6,10,12,16H,2-4,8-9H2,1H3. The minimum Gasteiger partial charge on any atom is -0.490 e. The summed E-state index contributed by atoms with van der Waals surface area (Å²) >= 11 is 0. The van der Waals surface area contributed by atoms with Crippen molar-refractivity contribution in [3.63, 3.8) is 0 Å². The van der Waals surface area contributed by atoms with E-state index in [2.05, 4.69) is 11.4 Å². The van der Waals surface area contributed by atoms with Crippen LogP contribution >= 0.6 is 0 Å². The van der Waals surface area contributed by atoms with Crippen molar-refractivity contribution in [3.8, 4) is 17.6 Å². The van der Waals surface area contributed by atoms with Gasteiger partial charge in [-0.25, -0.2) is 0 Å². The molecule has 1 atom stereocenters. The molecule has 1 aromatic carbocycles. The Balaban J connectivity index is 2.18. The Morgan fingerprint density at radius 3 is 2.83 bits per heavy atom. The van der Waals surface area contributed by atoms with Crippen LogP contribution in [0.5, 0.6) is 11.5 Å². The molecule has 1 aliphatic heterocycles. The first kappa shape index (κ1) is 12.7. The second kappa shape index (κ2) is 6.27. The highest BCUT2D eigenvalue weighted by atomic mass is 16.5. The fourth-order valence-corrected chi connectivity index (χ4v) is 2.08. The van der Waals surface area contributed by atoms with Gasteiger partial charge >= 0.3 is 0 Å². The highest BCUT2D eigenvalue weighted by molar-refractivity contribution is 5.44. The Hall–Kier alpha value is -1.73. The lowest BCUT2D eigenvalue weighted by Gasteiger charge is -2.17. The van der Waals surface area contributed by atoms with Gasteiger partial charge in [-0.1, -0.05) is 6.07 Å². The van der Waals surface area contributed by atoms with Gasteiger partial charge in [-0.2, -0.15) is 5.26 Å². The number of hydrogen-bond donors (Lipinski definition) is 1. The van der Waals surface area contributed by atoms with Crippen molar-refractivity contribution in [1.29, 1.82) is 5.26 Å². The molecule has 1 aromatic rings. The van der Waals surface area contributed by atoms with E-state index in [-0.39, 0.29) is 6.04 Å². The molecular formula is C14H18N2O2. The van der Waals surface area contributed by atoms with E-state index in [1.54, 1.807) is 0 Å². The van der Waals surface area contributed by atoms with E-state index in [0.29, 0.717) is 19.6 Å². The van der Waals surface area contributed by atoms with Crippen molar-refractivity contribution in [1.82, 2.24) is 5.32 Å². The Morgan fingerprint density at radius 1 is 1.33 bits per heavy atom. The van der Waals surface area contributed by atoms with E-state index in [1.165, 1.54) is 0 Å². The van der Waals surface area contributed by atoms with Gasteiger partial charge in [-0.15, -0.1) is 0 Å². The number of fused-ring (bicyclic) bond motifs is 1. The summed E-state index contributed by atoms with van der Waals surface area (Å²) in [4.78, 5) is 0. The minimum atomic E-state index is 0.182. The number of nitrogens with one attached hydrogen (secondary N) is 1. The lowest BCUT2D eigenvalue weighted by molar-refractivity contribution is 0.297. The third kappa shape index (κ3) is 2.93. The van der Waals surface area contributed by atoms with Crippen molar-refractivity contribution in [2.75, 3.05) is 20.3 Å². The fraction of sp³-hybridized carbons (Fsp3) is 0.500. The Kier molecular flexibility index (Phi) is 4.43. The Labute approximate surface area is 108 Å². The van der Waals surface area contributed by atoms with Crippen LogP contribution < -0.4 is 14.8 Å². The second-order valence-corrected chi connectivity index (χ2v) is 4.29. The van der Waals surface area contributed by atoms with Crippen LogP contribution in [-0.4, -0.2) is 20.3 Å². The van der Waals surface area contributed by atoms with Gasteiger partial charge in [-0.05, 0) is 31.2 Å². The molecule has 0 aromatic heterocycles. The number of benzene rings is 1. The van der Waals surface area contributed by atoms with Crippen LogP contribution in [0.25, 0.3) is 0 Å². The summed E-state index contributed by atoms with van der Waals surface area (Å²) in [5.74, 6) is 1.62. The minimum absolute atomic E-state index is 0.182. The molecule has 1 heterocycles. The third-order valence-corrected chi connectivity index (χ3v) is 3.07. The number of nitrogens with zero attached hydrogens (tertiary/aromatic N) is 1. The van der Waals surface area contributed by atoms with Crippen LogP contribution in [0, 0.1) is 11.3 Å². The topological polar surface area (TPSA) is 54.3 Å². The lowest BCUT2D eigenvalue weighted by atomic mass is 10.0. The number of rotatable bonds is 4. The van der Waals surface area contributed by atoms with E-state index in [0.717, 1.165) is 29.9 Å². The first-order valence-corrected chi connectivity index (χ1v) is 6.29. The van der Waals surface area contributed by atoms with Crippen LogP contribution in [0.4, 0.5) is 0 Å². The molecule has 0 radical (unpaired) electrons. The summed E-state index contributed by atoms with van der Waals surface area (Å²) in [5.41, 5.74) is 1.14. The quantitative estimate of drug-likeness (QED) is 0.886. The molecule has 18 heavy (non-hydrogen) atoms. The van der Waals surface area contributed by atoms with Crippen molar-refractivity contribution in [2.24, 2.45) is 0 Å². The molecule has 0 saturated carbocycles. The molecule has 4 nitrogen and oxygen atoms in total. The number of nitriles is 1. The van der Waals surface area contributed by atoms with Gasteiger partial charge in [0.05, 0.1) is 19.3 Å². The van der Waals surface area contributed by atoms with Crippen molar-refractivity contribution in [2.45, 2.75) is 25.3 Å². The van der Waals surface area contributed by atoms with Crippen LogP contribution in [0.15, 0.2) is 18.2 Å². The zero-order valence-corrected chi connectivity index (χ0v) is 10.6. The van der Waals surface area contributed by atoms with Crippen molar-refractivity contribution < 1.29 is 9.47 Å². The van der Waals surface area contributed by atoms with Gasteiger partial charge in [0.2, 0.25) is 0 Å². The van der Waals surface area contributed by atoms with E-state index in [4.69, 9.17) is 14.7 Å². The number of ether oxygens (including phenoxy) is 2. The second-order valence-electron chi connectivity index (χ2n) is 4.29. The van der Waals surface area contributed by atoms with Gasteiger partial charge in [0.15, 0.2) is 11.5 Å². The highest BCUT2D eigenvalue weighted by Gasteiger charge is 2.14. The molecule has 2 rings (SSSR count). The molecule has 0 bridgehead atoms. The van der Waals surface area contributed by atoms with Crippen molar-refractivity contribution in [3.05, 3.63) is 23.8 Å². The predicted molar refractivity (Wildman–Crippen MR) is 68.7 cm³/mol. The molecule has 96 valence electrons. The first-order valence-electron chi connectivity index (χ1n) is 6.29. The van der Waals surface area contributed by atoms with Gasteiger partial charge < -0.3 is 14.8 Å². The molecule has 0 amide bonds. The molecule has 1 aliphatic rings. The van der Waals surface area contributed by atoms with E-state index < -0.39 is 0 Å². The monoisotopic (exact) mass is 246 g/mol. The predicted octanol–water partition coefficient (Wildman–Crippen LogP) is 2.41. The molecule has 0 aliphatic carbocycles. The van der Waals surface area contributed by atoms with Crippen molar-refractivity contribution >= 4 is 0 Å². The summed E-state index contributed by atoms with van der Waals surface area (Å²) in [7, 11) is 1.91. The molecule has 4 heteroatoms. The Morgan fingerprint density at radius 2 is 2.11 bits per heavy atom. The zero-order chi connectivity index (χ0) is 12.8. The van der Waals surface area contributed by atoms with Gasteiger partial charge in [-0.3, -0.25) is 0 Å². The maximum absolute atomic E-state index is 8.66. The molecule has 1 unspecified atom stereocenters. The molecule has 0 spiro atoms.